The predicted molar refractivity (Wildman–Crippen MR) is 133 cm³/mol. The average molecular weight is 486 g/mol. The molecule has 5 N–H and O–H groups in total. The minimum Gasteiger partial charge on any atom is -0.497 e. The van der Waals surface area contributed by atoms with Gasteiger partial charge < -0.3 is 10.1 Å². The maximum absolute atomic E-state index is 12.4. The van der Waals surface area contributed by atoms with Gasteiger partial charge in [0.15, 0.2) is 0 Å². The van der Waals surface area contributed by atoms with Gasteiger partial charge in [-0.3, -0.25) is 36.3 Å². The molecule has 0 saturated carbocycles. The normalized spacial score (nSPS) is 10.1. The first-order valence-corrected chi connectivity index (χ1v) is 10.8. The summed E-state index contributed by atoms with van der Waals surface area (Å²) >= 11 is 0. The number of nitrogens with one attached hydrogen (secondary N) is 5. The first-order valence-electron chi connectivity index (χ1n) is 10.8. The second-order valence-electron chi connectivity index (χ2n) is 7.31. The number of hydrogen-bond acceptors (Lipinski definition) is 10. The van der Waals surface area contributed by atoms with Crippen LogP contribution in [0.5, 0.6) is 5.75 Å². The molecule has 12 nitrogen and oxygen atoms in total. The largest absolute Gasteiger partial charge is 0.497 e. The zero-order valence-electron chi connectivity index (χ0n) is 19.2. The van der Waals surface area contributed by atoms with E-state index in [1.54, 1.807) is 43.5 Å². The summed E-state index contributed by atoms with van der Waals surface area (Å²) in [4.78, 5) is 41.3. The SMILES string of the molecule is COc1ccc(Nc2nc(NNC(=O)Cc3ccccc3)nc(NNC(=O)c3ccncc3)n2)cc1. The minimum atomic E-state index is -0.409. The van der Waals surface area contributed by atoms with E-state index in [9.17, 15) is 9.59 Å². The van der Waals surface area contributed by atoms with Crippen LogP contribution in [0.1, 0.15) is 15.9 Å². The van der Waals surface area contributed by atoms with Gasteiger partial charge in [-0.2, -0.15) is 15.0 Å². The fraction of sp³-hybridized carbons (Fsp3) is 0.0833. The van der Waals surface area contributed by atoms with Crippen LogP contribution in [0.25, 0.3) is 0 Å². The van der Waals surface area contributed by atoms with Crippen molar-refractivity contribution in [1.29, 1.82) is 0 Å². The van der Waals surface area contributed by atoms with E-state index in [-0.39, 0.29) is 30.2 Å². The van der Waals surface area contributed by atoms with Gasteiger partial charge in [0.2, 0.25) is 23.8 Å². The van der Waals surface area contributed by atoms with Crippen molar-refractivity contribution in [2.75, 3.05) is 23.3 Å². The van der Waals surface area contributed by atoms with Crippen LogP contribution in [-0.4, -0.2) is 38.9 Å². The summed E-state index contributed by atoms with van der Waals surface area (Å²) in [5.41, 5.74) is 12.4. The van der Waals surface area contributed by atoms with Gasteiger partial charge in [-0.15, -0.1) is 0 Å². The van der Waals surface area contributed by atoms with Gasteiger partial charge >= 0.3 is 0 Å². The molecule has 0 spiro atoms. The highest BCUT2D eigenvalue weighted by molar-refractivity contribution is 5.94. The number of anilines is 4. The summed E-state index contributed by atoms with van der Waals surface area (Å²) in [5, 5.41) is 3.05. The minimum absolute atomic E-state index is 0.0308. The molecule has 2 aromatic heterocycles. The Morgan fingerprint density at radius 1 is 0.778 bits per heavy atom. The number of rotatable bonds is 10. The number of nitrogens with zero attached hydrogens (tertiary/aromatic N) is 4. The van der Waals surface area contributed by atoms with Gasteiger partial charge in [0, 0.05) is 23.6 Å². The number of aromatic nitrogens is 4. The molecule has 36 heavy (non-hydrogen) atoms. The fourth-order valence-corrected chi connectivity index (χ4v) is 2.99. The zero-order valence-corrected chi connectivity index (χ0v) is 19.2. The van der Waals surface area contributed by atoms with Crippen LogP contribution >= 0.6 is 0 Å². The van der Waals surface area contributed by atoms with E-state index in [2.05, 4.69) is 47.0 Å². The quantitative estimate of drug-likeness (QED) is 0.212. The van der Waals surface area contributed by atoms with Crippen molar-refractivity contribution in [2.24, 2.45) is 0 Å². The number of methoxy groups -OCH3 is 1. The predicted octanol–water partition coefficient (Wildman–Crippen LogP) is 2.46. The maximum Gasteiger partial charge on any atom is 0.269 e. The molecule has 0 aliphatic carbocycles. The molecule has 0 bridgehead atoms. The molecular weight excluding hydrogens is 462 g/mol. The Balaban J connectivity index is 1.47. The van der Waals surface area contributed by atoms with Crippen LogP contribution in [0.4, 0.5) is 23.5 Å². The molecule has 4 aromatic rings. The molecule has 0 aliphatic rings. The van der Waals surface area contributed by atoms with E-state index in [1.807, 2.05) is 30.3 Å². The number of amides is 2. The van der Waals surface area contributed by atoms with Crippen LogP contribution in [0.2, 0.25) is 0 Å². The zero-order chi connectivity index (χ0) is 25.2. The highest BCUT2D eigenvalue weighted by Gasteiger charge is 2.11. The second-order valence-corrected chi connectivity index (χ2v) is 7.31. The lowest BCUT2D eigenvalue weighted by atomic mass is 10.1. The number of carbonyl (C=O) groups excluding carboxylic acids is 2. The van der Waals surface area contributed by atoms with Crippen LogP contribution in [0, 0.1) is 0 Å². The summed E-state index contributed by atoms with van der Waals surface area (Å²) in [6.07, 6.45) is 3.19. The Hall–Kier alpha value is -5.26. The number of pyridine rings is 1. The number of benzene rings is 2. The van der Waals surface area contributed by atoms with Crippen molar-refractivity contribution < 1.29 is 14.3 Å². The highest BCUT2D eigenvalue weighted by Crippen LogP contribution is 2.19. The third-order valence-corrected chi connectivity index (χ3v) is 4.73. The van der Waals surface area contributed by atoms with Gasteiger partial charge in [-0.1, -0.05) is 30.3 Å². The van der Waals surface area contributed by atoms with Crippen LogP contribution in [0.3, 0.4) is 0 Å². The van der Waals surface area contributed by atoms with Crippen molar-refractivity contribution in [3.05, 3.63) is 90.3 Å². The van der Waals surface area contributed by atoms with Crippen molar-refractivity contribution in [3.63, 3.8) is 0 Å². The molecule has 0 aliphatic heterocycles. The van der Waals surface area contributed by atoms with Gasteiger partial charge in [0.05, 0.1) is 13.5 Å². The molecule has 0 atom stereocenters. The Morgan fingerprint density at radius 2 is 1.42 bits per heavy atom. The molecule has 0 radical (unpaired) electrons. The van der Waals surface area contributed by atoms with Gasteiger partial charge in [0.1, 0.15) is 5.75 Å². The number of hydrogen-bond donors (Lipinski definition) is 5. The van der Waals surface area contributed by atoms with E-state index in [0.717, 1.165) is 5.56 Å². The summed E-state index contributed by atoms with van der Waals surface area (Å²) in [7, 11) is 1.58. The lowest BCUT2D eigenvalue weighted by Crippen LogP contribution is -2.33. The monoisotopic (exact) mass is 485 g/mol. The Kier molecular flexibility index (Phi) is 7.79. The first kappa shape index (κ1) is 23.9. The molecule has 0 saturated heterocycles. The van der Waals surface area contributed by atoms with Gasteiger partial charge in [0.25, 0.3) is 5.91 Å². The molecule has 12 heteroatoms. The molecule has 182 valence electrons. The molecule has 0 unspecified atom stereocenters. The van der Waals surface area contributed by atoms with E-state index in [4.69, 9.17) is 4.74 Å². The molecule has 2 heterocycles. The lowest BCUT2D eigenvalue weighted by Gasteiger charge is -2.13. The van der Waals surface area contributed by atoms with Crippen LogP contribution in [0.15, 0.2) is 79.1 Å². The Bertz CT molecular complexity index is 1300. The van der Waals surface area contributed by atoms with E-state index in [1.165, 1.54) is 12.4 Å². The van der Waals surface area contributed by atoms with E-state index in [0.29, 0.717) is 17.0 Å². The Labute approximate surface area is 206 Å². The fourth-order valence-electron chi connectivity index (χ4n) is 2.99. The molecule has 4 rings (SSSR count). The smallest absolute Gasteiger partial charge is 0.269 e. The van der Waals surface area contributed by atoms with Gasteiger partial charge in [-0.25, -0.2) is 0 Å². The maximum atomic E-state index is 12.4. The first-order chi connectivity index (χ1) is 17.6. The standard InChI is InChI=1S/C24H23N9O3/c1-36-19-9-7-18(8-10-19)26-22-27-23(32-30-20(34)15-16-5-3-2-4-6-16)29-24(28-22)33-31-21(35)17-11-13-25-14-12-17/h2-14H,15H2,1H3,(H,30,34)(H,31,35)(H3,26,27,28,29,32,33). The van der Waals surface area contributed by atoms with Crippen LogP contribution in [-0.2, 0) is 11.2 Å². The van der Waals surface area contributed by atoms with Crippen molar-refractivity contribution >= 4 is 35.3 Å². The molecular formula is C24H23N9O3. The number of hydrazine groups is 2. The Morgan fingerprint density at radius 3 is 2.08 bits per heavy atom. The van der Waals surface area contributed by atoms with Crippen molar-refractivity contribution in [3.8, 4) is 5.75 Å². The van der Waals surface area contributed by atoms with Crippen molar-refractivity contribution in [2.45, 2.75) is 6.42 Å². The summed E-state index contributed by atoms with van der Waals surface area (Å²) in [5.74, 6) is 0.239. The lowest BCUT2D eigenvalue weighted by molar-refractivity contribution is -0.119. The molecule has 2 aromatic carbocycles. The third kappa shape index (κ3) is 6.87. The van der Waals surface area contributed by atoms with E-state index >= 15 is 0 Å². The van der Waals surface area contributed by atoms with Gasteiger partial charge in [-0.05, 0) is 42.0 Å². The molecule has 2 amide bonds. The number of carbonyl (C=O) groups is 2. The summed E-state index contributed by atoms with van der Waals surface area (Å²) in [6.45, 7) is 0. The van der Waals surface area contributed by atoms with Crippen LogP contribution < -0.4 is 31.8 Å². The molecule has 0 fully saturated rings. The van der Waals surface area contributed by atoms with E-state index < -0.39 is 5.91 Å². The summed E-state index contributed by atoms with van der Waals surface area (Å²) in [6, 6.07) is 19.6. The number of ether oxygens (including phenoxy) is 1. The average Bonchev–Trinajstić information content (AvgIpc) is 2.92. The highest BCUT2D eigenvalue weighted by atomic mass is 16.5. The second kappa shape index (κ2) is 11.7. The topological polar surface area (TPSA) is 155 Å². The third-order valence-electron chi connectivity index (χ3n) is 4.73. The summed E-state index contributed by atoms with van der Waals surface area (Å²) < 4.78 is 5.17. The van der Waals surface area contributed by atoms with Crippen molar-refractivity contribution in [1.82, 2.24) is 30.8 Å².